The number of carbonyl (C=O) groups excluding carboxylic acids is 1. The molecule has 0 unspecified atom stereocenters. The van der Waals surface area contributed by atoms with Crippen molar-refractivity contribution in [3.63, 3.8) is 0 Å². The molecule has 0 spiro atoms. The van der Waals surface area contributed by atoms with Crippen LogP contribution >= 0.6 is 35.1 Å². The van der Waals surface area contributed by atoms with Crippen molar-refractivity contribution < 1.29 is 14.3 Å². The van der Waals surface area contributed by atoms with Gasteiger partial charge >= 0.3 is 0 Å². The second-order valence-electron chi connectivity index (χ2n) is 4.38. The van der Waals surface area contributed by atoms with Crippen molar-refractivity contribution in [2.24, 2.45) is 4.99 Å². The molecule has 1 heterocycles. The smallest absolute Gasteiger partial charge is 0.244 e. The van der Waals surface area contributed by atoms with Gasteiger partial charge in [0.25, 0.3) is 0 Å². The number of rotatable bonds is 5. The van der Waals surface area contributed by atoms with E-state index in [4.69, 9.17) is 21.1 Å². The van der Waals surface area contributed by atoms with Gasteiger partial charge in [0, 0.05) is 16.7 Å². The SMILES string of the molecule is CCCSC1=N/C(=C\c2cc(Cl)cc(OC)c2OC)C(=O)S1. The van der Waals surface area contributed by atoms with E-state index in [1.54, 1.807) is 44.2 Å². The summed E-state index contributed by atoms with van der Waals surface area (Å²) in [6.45, 7) is 2.09. The van der Waals surface area contributed by atoms with Crippen molar-refractivity contribution in [2.75, 3.05) is 20.0 Å². The highest BCUT2D eigenvalue weighted by Crippen LogP contribution is 2.38. The van der Waals surface area contributed by atoms with Crippen LogP contribution in [0.3, 0.4) is 0 Å². The predicted molar refractivity (Wildman–Crippen MR) is 95.3 cm³/mol. The van der Waals surface area contributed by atoms with Crippen LogP contribution in [0.4, 0.5) is 0 Å². The molecule has 0 N–H and O–H groups in total. The number of methoxy groups -OCH3 is 2. The van der Waals surface area contributed by atoms with Crippen LogP contribution < -0.4 is 9.47 Å². The van der Waals surface area contributed by atoms with Crippen molar-refractivity contribution in [1.82, 2.24) is 0 Å². The van der Waals surface area contributed by atoms with Crippen molar-refractivity contribution in [1.29, 1.82) is 0 Å². The minimum absolute atomic E-state index is 0.0698. The van der Waals surface area contributed by atoms with E-state index in [0.717, 1.165) is 28.3 Å². The highest BCUT2D eigenvalue weighted by Gasteiger charge is 2.23. The van der Waals surface area contributed by atoms with E-state index in [0.29, 0.717) is 27.8 Å². The lowest BCUT2D eigenvalue weighted by atomic mass is 10.1. The molecule has 22 heavy (non-hydrogen) atoms. The minimum atomic E-state index is -0.0698. The third-order valence-corrected chi connectivity index (χ3v) is 5.23. The molecule has 2 rings (SSSR count). The van der Waals surface area contributed by atoms with Crippen LogP contribution in [0, 0.1) is 0 Å². The van der Waals surface area contributed by atoms with Crippen LogP contribution in [-0.4, -0.2) is 29.5 Å². The zero-order valence-corrected chi connectivity index (χ0v) is 14.9. The number of benzene rings is 1. The summed E-state index contributed by atoms with van der Waals surface area (Å²) in [7, 11) is 3.09. The third-order valence-electron chi connectivity index (χ3n) is 2.80. The molecular weight excluding hydrogens is 342 g/mol. The highest BCUT2D eigenvalue weighted by molar-refractivity contribution is 8.45. The van der Waals surface area contributed by atoms with Gasteiger partial charge in [0.2, 0.25) is 5.12 Å². The monoisotopic (exact) mass is 357 g/mol. The molecule has 1 aliphatic heterocycles. The molecule has 0 atom stereocenters. The minimum Gasteiger partial charge on any atom is -0.493 e. The number of ether oxygens (including phenoxy) is 2. The third kappa shape index (κ3) is 4.00. The molecule has 0 saturated carbocycles. The molecule has 118 valence electrons. The van der Waals surface area contributed by atoms with E-state index < -0.39 is 0 Å². The van der Waals surface area contributed by atoms with Gasteiger partial charge in [-0.15, -0.1) is 0 Å². The highest BCUT2D eigenvalue weighted by atomic mass is 35.5. The predicted octanol–water partition coefficient (Wildman–Crippen LogP) is 4.47. The van der Waals surface area contributed by atoms with Crippen molar-refractivity contribution in [3.05, 3.63) is 28.4 Å². The Bertz CT molecular complexity index is 644. The second-order valence-corrected chi connectivity index (χ2v) is 7.12. The molecule has 0 saturated heterocycles. The Balaban J connectivity index is 2.38. The first-order chi connectivity index (χ1) is 10.6. The first-order valence-corrected chi connectivity index (χ1v) is 8.84. The largest absolute Gasteiger partial charge is 0.493 e. The summed E-state index contributed by atoms with van der Waals surface area (Å²) in [4.78, 5) is 16.4. The number of halogens is 1. The molecule has 0 radical (unpaired) electrons. The van der Waals surface area contributed by atoms with Gasteiger partial charge in [-0.2, -0.15) is 0 Å². The summed E-state index contributed by atoms with van der Waals surface area (Å²) in [5, 5.41) is 0.437. The molecule has 4 nitrogen and oxygen atoms in total. The van der Waals surface area contributed by atoms with Crippen LogP contribution in [0.5, 0.6) is 11.5 Å². The van der Waals surface area contributed by atoms with Gasteiger partial charge in [-0.3, -0.25) is 4.79 Å². The Morgan fingerprint density at radius 2 is 2.14 bits per heavy atom. The Kier molecular flexibility index (Phi) is 6.23. The van der Waals surface area contributed by atoms with Crippen LogP contribution in [0.1, 0.15) is 18.9 Å². The van der Waals surface area contributed by atoms with Gasteiger partial charge in [0.1, 0.15) is 10.1 Å². The fourth-order valence-electron chi connectivity index (χ4n) is 1.85. The van der Waals surface area contributed by atoms with Gasteiger partial charge < -0.3 is 9.47 Å². The van der Waals surface area contributed by atoms with Crippen LogP contribution in [0.25, 0.3) is 6.08 Å². The van der Waals surface area contributed by atoms with Crippen molar-refractivity contribution in [2.45, 2.75) is 13.3 Å². The number of thioether (sulfide) groups is 2. The molecule has 0 aromatic heterocycles. The summed E-state index contributed by atoms with van der Waals surface area (Å²) < 4.78 is 11.4. The normalized spacial score (nSPS) is 16.1. The Morgan fingerprint density at radius 1 is 1.36 bits per heavy atom. The summed E-state index contributed by atoms with van der Waals surface area (Å²) in [5.41, 5.74) is 1.06. The lowest BCUT2D eigenvalue weighted by Gasteiger charge is -2.11. The topological polar surface area (TPSA) is 47.9 Å². The molecular formula is C15H16ClNO3S2. The summed E-state index contributed by atoms with van der Waals surface area (Å²) in [6, 6.07) is 3.39. The van der Waals surface area contributed by atoms with E-state index in [1.807, 2.05) is 0 Å². The lowest BCUT2D eigenvalue weighted by molar-refractivity contribution is -0.107. The average molecular weight is 358 g/mol. The molecule has 1 aliphatic rings. The molecule has 1 aromatic rings. The van der Waals surface area contributed by atoms with Gasteiger partial charge in [-0.05, 0) is 36.1 Å². The zero-order chi connectivity index (χ0) is 16.1. The lowest BCUT2D eigenvalue weighted by Crippen LogP contribution is -1.95. The Labute approximate surface area is 143 Å². The van der Waals surface area contributed by atoms with E-state index in [2.05, 4.69) is 11.9 Å². The molecule has 0 bridgehead atoms. The number of nitrogens with zero attached hydrogens (tertiary/aromatic N) is 1. The number of aliphatic imine (C=N–C) groups is 1. The molecule has 0 aliphatic carbocycles. The van der Waals surface area contributed by atoms with Gasteiger partial charge in [0.05, 0.1) is 14.2 Å². The number of carbonyl (C=O) groups is 1. The first kappa shape index (κ1) is 17.2. The van der Waals surface area contributed by atoms with Gasteiger partial charge in [0.15, 0.2) is 11.5 Å². The fraction of sp³-hybridized carbons (Fsp3) is 0.333. The average Bonchev–Trinajstić information content (AvgIpc) is 2.84. The molecule has 0 fully saturated rings. The Hall–Kier alpha value is -1.11. The van der Waals surface area contributed by atoms with Gasteiger partial charge in [-0.1, -0.05) is 30.3 Å². The molecule has 0 amide bonds. The van der Waals surface area contributed by atoms with Crippen LogP contribution in [-0.2, 0) is 4.79 Å². The van der Waals surface area contributed by atoms with E-state index in [1.165, 1.54) is 0 Å². The molecule has 1 aromatic carbocycles. The van der Waals surface area contributed by atoms with Gasteiger partial charge in [-0.25, -0.2) is 4.99 Å². The van der Waals surface area contributed by atoms with Crippen LogP contribution in [0.2, 0.25) is 5.02 Å². The van der Waals surface area contributed by atoms with E-state index >= 15 is 0 Å². The maximum absolute atomic E-state index is 12.1. The maximum Gasteiger partial charge on any atom is 0.244 e. The fourth-order valence-corrected chi connectivity index (χ4v) is 3.84. The zero-order valence-electron chi connectivity index (χ0n) is 12.5. The van der Waals surface area contributed by atoms with Crippen molar-refractivity contribution >= 4 is 50.7 Å². The second kappa shape index (κ2) is 7.94. The van der Waals surface area contributed by atoms with Crippen molar-refractivity contribution in [3.8, 4) is 11.5 Å². The number of hydrogen-bond donors (Lipinski definition) is 0. The standard InChI is InChI=1S/C15H16ClNO3S2/c1-4-5-21-15-17-11(14(18)22-15)7-9-6-10(16)8-12(19-2)13(9)20-3/h6-8H,4-5H2,1-3H3/b11-7-. The number of hydrogen-bond acceptors (Lipinski definition) is 6. The van der Waals surface area contributed by atoms with E-state index in [9.17, 15) is 4.79 Å². The summed E-state index contributed by atoms with van der Waals surface area (Å²) in [6.07, 6.45) is 2.72. The summed E-state index contributed by atoms with van der Waals surface area (Å²) in [5.74, 6) is 1.99. The first-order valence-electron chi connectivity index (χ1n) is 6.66. The Morgan fingerprint density at radius 3 is 2.77 bits per heavy atom. The van der Waals surface area contributed by atoms with E-state index in [-0.39, 0.29) is 5.12 Å². The quantitative estimate of drug-likeness (QED) is 0.727. The molecule has 7 heteroatoms. The maximum atomic E-state index is 12.1. The van der Waals surface area contributed by atoms with Crippen LogP contribution in [0.15, 0.2) is 22.8 Å². The summed E-state index contributed by atoms with van der Waals surface area (Å²) >= 11 is 8.84.